The molecule has 0 fully saturated rings. The molecule has 0 radical (unpaired) electrons. The smallest absolute Gasteiger partial charge is 0.257 e. The topological polar surface area (TPSA) is 81.4 Å². The molecule has 22 heavy (non-hydrogen) atoms. The molecule has 8 heteroatoms. The Labute approximate surface area is 130 Å². The summed E-state index contributed by atoms with van der Waals surface area (Å²) in [5, 5.41) is 15.8. The van der Waals surface area contributed by atoms with Crippen LogP contribution in [0.3, 0.4) is 0 Å². The minimum atomic E-state index is -0.241. The predicted molar refractivity (Wildman–Crippen MR) is 83.7 cm³/mol. The van der Waals surface area contributed by atoms with Crippen molar-refractivity contribution in [2.24, 2.45) is 0 Å². The molecular weight excluding hydrogens is 302 g/mol. The fourth-order valence-corrected chi connectivity index (χ4v) is 2.72. The summed E-state index contributed by atoms with van der Waals surface area (Å²) in [6.07, 6.45) is 0. The summed E-state index contributed by atoms with van der Waals surface area (Å²) in [7, 11) is 1.56. The number of ether oxygens (including phenoxy) is 1. The molecule has 0 saturated carbocycles. The minimum Gasteiger partial charge on any atom is -0.497 e. The Morgan fingerprint density at radius 3 is 2.91 bits per heavy atom. The zero-order valence-corrected chi connectivity index (χ0v) is 13.2. The van der Waals surface area contributed by atoms with Gasteiger partial charge in [0.1, 0.15) is 5.75 Å². The van der Waals surface area contributed by atoms with Crippen LogP contribution in [0.25, 0.3) is 4.96 Å². The largest absolute Gasteiger partial charge is 0.497 e. The second-order valence-electron chi connectivity index (χ2n) is 5.00. The fourth-order valence-electron chi connectivity index (χ4n) is 1.98. The number of methoxy groups -OCH3 is 1. The van der Waals surface area contributed by atoms with Gasteiger partial charge in [0.15, 0.2) is 5.82 Å². The van der Waals surface area contributed by atoms with Gasteiger partial charge in [-0.1, -0.05) is 31.3 Å². The lowest BCUT2D eigenvalue weighted by atomic mass is 10.2. The van der Waals surface area contributed by atoms with Gasteiger partial charge in [-0.05, 0) is 18.2 Å². The average Bonchev–Trinajstić information content (AvgIpc) is 3.06. The van der Waals surface area contributed by atoms with E-state index in [0.29, 0.717) is 21.4 Å². The maximum atomic E-state index is 12.3. The number of hydrogen-bond donors (Lipinski definition) is 1. The third-order valence-corrected chi connectivity index (χ3v) is 3.90. The summed E-state index contributed by atoms with van der Waals surface area (Å²) >= 11 is 1.28. The summed E-state index contributed by atoms with van der Waals surface area (Å²) < 4.78 is 6.78. The summed E-state index contributed by atoms with van der Waals surface area (Å²) in [6, 6.07) is 6.95. The summed E-state index contributed by atoms with van der Waals surface area (Å²) in [4.78, 5) is 12.9. The maximum absolute atomic E-state index is 12.3. The van der Waals surface area contributed by atoms with Crippen LogP contribution in [0.15, 0.2) is 24.3 Å². The van der Waals surface area contributed by atoms with Gasteiger partial charge in [-0.3, -0.25) is 10.1 Å². The van der Waals surface area contributed by atoms with Crippen molar-refractivity contribution in [3.8, 4) is 5.75 Å². The van der Waals surface area contributed by atoms with E-state index in [9.17, 15) is 4.79 Å². The Bertz CT molecular complexity index is 824. The number of benzene rings is 1. The molecule has 2 heterocycles. The van der Waals surface area contributed by atoms with Crippen molar-refractivity contribution in [3.05, 3.63) is 35.7 Å². The van der Waals surface area contributed by atoms with Crippen LogP contribution < -0.4 is 10.1 Å². The molecule has 0 bridgehead atoms. The highest BCUT2D eigenvalue weighted by molar-refractivity contribution is 7.20. The van der Waals surface area contributed by atoms with E-state index in [1.807, 2.05) is 13.8 Å². The van der Waals surface area contributed by atoms with E-state index in [1.54, 1.807) is 35.9 Å². The van der Waals surface area contributed by atoms with Crippen molar-refractivity contribution in [2.45, 2.75) is 19.8 Å². The van der Waals surface area contributed by atoms with Crippen molar-refractivity contribution < 1.29 is 9.53 Å². The third-order valence-electron chi connectivity index (χ3n) is 3.08. The van der Waals surface area contributed by atoms with Crippen LogP contribution >= 0.6 is 11.3 Å². The lowest BCUT2D eigenvalue weighted by Gasteiger charge is -2.04. The lowest BCUT2D eigenvalue weighted by Crippen LogP contribution is -2.12. The molecule has 2 aromatic heterocycles. The minimum absolute atomic E-state index is 0.207. The zero-order chi connectivity index (χ0) is 15.7. The van der Waals surface area contributed by atoms with E-state index in [4.69, 9.17) is 4.74 Å². The van der Waals surface area contributed by atoms with Crippen molar-refractivity contribution >= 4 is 27.3 Å². The standard InChI is InChI=1S/C14H15N5O2S/c1-8(2)11-16-17-14-19(11)18-13(22-14)15-12(20)9-5-4-6-10(7-9)21-3/h4-8H,1-3H3,(H,15,18,20). The predicted octanol–water partition coefficient (Wildman–Crippen LogP) is 2.57. The Morgan fingerprint density at radius 1 is 1.36 bits per heavy atom. The Kier molecular flexibility index (Phi) is 3.76. The maximum Gasteiger partial charge on any atom is 0.257 e. The van der Waals surface area contributed by atoms with Crippen molar-refractivity contribution in [3.63, 3.8) is 0 Å². The molecule has 3 rings (SSSR count). The first-order valence-corrected chi connectivity index (χ1v) is 7.57. The molecular formula is C14H15N5O2S. The number of aromatic nitrogens is 4. The van der Waals surface area contributed by atoms with Crippen LogP contribution in [0, 0.1) is 0 Å². The summed E-state index contributed by atoms with van der Waals surface area (Å²) in [5.74, 6) is 1.37. The molecule has 0 unspecified atom stereocenters. The van der Waals surface area contributed by atoms with Gasteiger partial charge in [-0.2, -0.15) is 4.52 Å². The molecule has 0 aliphatic carbocycles. The van der Waals surface area contributed by atoms with Gasteiger partial charge in [0, 0.05) is 11.5 Å². The molecule has 3 aromatic rings. The number of nitrogens with zero attached hydrogens (tertiary/aromatic N) is 4. The van der Waals surface area contributed by atoms with Gasteiger partial charge in [-0.25, -0.2) is 0 Å². The summed E-state index contributed by atoms with van der Waals surface area (Å²) in [6.45, 7) is 4.04. The lowest BCUT2D eigenvalue weighted by molar-refractivity contribution is 0.102. The zero-order valence-electron chi connectivity index (χ0n) is 12.4. The summed E-state index contributed by atoms with van der Waals surface area (Å²) in [5.41, 5.74) is 0.509. The molecule has 114 valence electrons. The Morgan fingerprint density at radius 2 is 2.18 bits per heavy atom. The first kappa shape index (κ1) is 14.5. The number of hydrogen-bond acceptors (Lipinski definition) is 6. The van der Waals surface area contributed by atoms with E-state index >= 15 is 0 Å². The van der Waals surface area contributed by atoms with E-state index in [1.165, 1.54) is 11.3 Å². The molecule has 1 amide bonds. The van der Waals surface area contributed by atoms with Gasteiger partial charge < -0.3 is 4.74 Å². The molecule has 0 aliphatic rings. The van der Waals surface area contributed by atoms with Crippen LogP contribution in [0.2, 0.25) is 0 Å². The van der Waals surface area contributed by atoms with E-state index in [2.05, 4.69) is 20.6 Å². The average molecular weight is 317 g/mol. The molecule has 1 aromatic carbocycles. The number of nitrogens with one attached hydrogen (secondary N) is 1. The van der Waals surface area contributed by atoms with Crippen LogP contribution in [0.4, 0.5) is 5.13 Å². The van der Waals surface area contributed by atoms with Gasteiger partial charge in [0.05, 0.1) is 7.11 Å². The van der Waals surface area contributed by atoms with Gasteiger partial charge in [-0.15, -0.1) is 15.3 Å². The number of rotatable bonds is 4. The SMILES string of the molecule is COc1cccc(C(=O)Nc2nn3c(C(C)C)nnc3s2)c1. The molecule has 0 saturated heterocycles. The van der Waals surface area contributed by atoms with Gasteiger partial charge >= 0.3 is 0 Å². The van der Waals surface area contributed by atoms with Gasteiger partial charge in [0.2, 0.25) is 10.1 Å². The molecule has 0 spiro atoms. The van der Waals surface area contributed by atoms with Crippen LogP contribution in [-0.2, 0) is 0 Å². The highest BCUT2D eigenvalue weighted by atomic mass is 32.1. The number of carbonyl (C=O) groups excluding carboxylic acids is 1. The van der Waals surface area contributed by atoms with E-state index in [0.717, 1.165) is 5.82 Å². The second-order valence-corrected chi connectivity index (χ2v) is 5.96. The first-order chi connectivity index (χ1) is 10.6. The van der Waals surface area contributed by atoms with Crippen molar-refractivity contribution in [2.75, 3.05) is 12.4 Å². The van der Waals surface area contributed by atoms with Gasteiger partial charge in [0.25, 0.3) is 5.91 Å². The van der Waals surface area contributed by atoms with Crippen LogP contribution in [-0.4, -0.2) is 32.8 Å². The third kappa shape index (κ3) is 2.64. The number of carbonyl (C=O) groups is 1. The number of amides is 1. The van der Waals surface area contributed by atoms with Crippen LogP contribution in [0.5, 0.6) is 5.75 Å². The molecule has 0 aliphatic heterocycles. The second kappa shape index (κ2) is 5.72. The number of anilines is 1. The quantitative estimate of drug-likeness (QED) is 0.800. The molecule has 0 atom stereocenters. The first-order valence-electron chi connectivity index (χ1n) is 6.76. The van der Waals surface area contributed by atoms with Crippen molar-refractivity contribution in [1.29, 1.82) is 0 Å². The highest BCUT2D eigenvalue weighted by Gasteiger charge is 2.16. The monoisotopic (exact) mass is 317 g/mol. The highest BCUT2D eigenvalue weighted by Crippen LogP contribution is 2.22. The fraction of sp³-hybridized carbons (Fsp3) is 0.286. The normalized spacial score (nSPS) is 11.1. The van der Waals surface area contributed by atoms with Crippen LogP contribution in [0.1, 0.15) is 35.9 Å². The Hall–Kier alpha value is -2.48. The molecule has 7 nitrogen and oxygen atoms in total. The molecule has 1 N–H and O–H groups in total. The number of fused-ring (bicyclic) bond motifs is 1. The van der Waals surface area contributed by atoms with Crippen molar-refractivity contribution in [1.82, 2.24) is 19.8 Å². The van der Waals surface area contributed by atoms with E-state index < -0.39 is 0 Å². The Balaban J connectivity index is 1.84. The van der Waals surface area contributed by atoms with E-state index in [-0.39, 0.29) is 11.8 Å².